The number of nitrogens with two attached hydrogens (primary N) is 1. The number of rotatable bonds is 4. The second-order valence-electron chi connectivity index (χ2n) is 5.42. The maximum absolute atomic E-state index is 12.0. The van der Waals surface area contributed by atoms with E-state index >= 15 is 0 Å². The van der Waals surface area contributed by atoms with Crippen LogP contribution in [0.5, 0.6) is 0 Å². The maximum Gasteiger partial charge on any atom is 0.269 e. The molecule has 0 radical (unpaired) electrons. The minimum atomic E-state index is -0.449. The standard InChI is InChI=1S/C14H20N4O3.ClH/c1-10-8-12(18(20)21)2-3-13(10)16-14(19)9-17-6-4-11(15)5-7-17;/h2-3,8,11H,4-7,9,15H2,1H3,(H,16,19);1H. The fourth-order valence-electron chi connectivity index (χ4n) is 2.41. The molecule has 1 aliphatic rings. The van der Waals surface area contributed by atoms with Crippen molar-refractivity contribution in [1.82, 2.24) is 4.90 Å². The molecule has 122 valence electrons. The fourth-order valence-corrected chi connectivity index (χ4v) is 2.41. The van der Waals surface area contributed by atoms with E-state index in [2.05, 4.69) is 10.2 Å². The Hall–Kier alpha value is -1.70. The Kier molecular flexibility index (Phi) is 6.73. The normalized spacial score (nSPS) is 15.9. The summed E-state index contributed by atoms with van der Waals surface area (Å²) in [6.45, 7) is 3.72. The monoisotopic (exact) mass is 328 g/mol. The first-order chi connectivity index (χ1) is 9.95. The van der Waals surface area contributed by atoms with Gasteiger partial charge >= 0.3 is 0 Å². The number of aryl methyl sites for hydroxylation is 1. The molecule has 3 N–H and O–H groups in total. The summed E-state index contributed by atoms with van der Waals surface area (Å²) >= 11 is 0. The fraction of sp³-hybridized carbons (Fsp3) is 0.500. The number of halogens is 1. The van der Waals surface area contributed by atoms with Gasteiger partial charge in [0, 0.05) is 37.0 Å². The van der Waals surface area contributed by atoms with E-state index < -0.39 is 4.92 Å². The summed E-state index contributed by atoms with van der Waals surface area (Å²) in [7, 11) is 0. The molecule has 7 nitrogen and oxygen atoms in total. The largest absolute Gasteiger partial charge is 0.328 e. The number of nitro groups is 1. The maximum atomic E-state index is 12.0. The summed E-state index contributed by atoms with van der Waals surface area (Å²) in [6.07, 6.45) is 1.81. The average Bonchev–Trinajstić information content (AvgIpc) is 2.43. The zero-order valence-corrected chi connectivity index (χ0v) is 13.3. The van der Waals surface area contributed by atoms with E-state index in [0.717, 1.165) is 25.9 Å². The number of non-ortho nitro benzene ring substituents is 1. The van der Waals surface area contributed by atoms with Crippen molar-refractivity contribution in [3.05, 3.63) is 33.9 Å². The van der Waals surface area contributed by atoms with Crippen LogP contribution in [-0.4, -0.2) is 41.4 Å². The topological polar surface area (TPSA) is 102 Å². The van der Waals surface area contributed by atoms with E-state index in [4.69, 9.17) is 5.73 Å². The second kappa shape index (κ2) is 8.07. The third kappa shape index (κ3) is 4.94. The van der Waals surface area contributed by atoms with Gasteiger partial charge in [0.15, 0.2) is 0 Å². The lowest BCUT2D eigenvalue weighted by Gasteiger charge is -2.29. The van der Waals surface area contributed by atoms with Crippen molar-refractivity contribution in [2.45, 2.75) is 25.8 Å². The van der Waals surface area contributed by atoms with Crippen LogP contribution in [-0.2, 0) is 4.79 Å². The number of likely N-dealkylation sites (tertiary alicyclic amines) is 1. The molecule has 8 heteroatoms. The number of hydrogen-bond acceptors (Lipinski definition) is 5. The van der Waals surface area contributed by atoms with Crippen LogP contribution in [0.4, 0.5) is 11.4 Å². The summed E-state index contributed by atoms with van der Waals surface area (Å²) in [5.41, 5.74) is 7.14. The summed E-state index contributed by atoms with van der Waals surface area (Å²) in [5, 5.41) is 13.5. The number of nitrogens with zero attached hydrogens (tertiary/aromatic N) is 2. The Morgan fingerprint density at radius 2 is 2.09 bits per heavy atom. The molecular formula is C14H21ClN4O3. The quantitative estimate of drug-likeness (QED) is 0.647. The Morgan fingerprint density at radius 1 is 1.45 bits per heavy atom. The minimum absolute atomic E-state index is 0. The Bertz CT molecular complexity index is 545. The van der Waals surface area contributed by atoms with Gasteiger partial charge in [-0.3, -0.25) is 19.8 Å². The van der Waals surface area contributed by atoms with E-state index in [1.54, 1.807) is 13.0 Å². The van der Waals surface area contributed by atoms with E-state index in [1.807, 2.05) is 0 Å². The Morgan fingerprint density at radius 3 is 2.64 bits per heavy atom. The van der Waals surface area contributed by atoms with Gasteiger partial charge in [0.25, 0.3) is 5.69 Å². The first-order valence-corrected chi connectivity index (χ1v) is 6.98. The summed E-state index contributed by atoms with van der Waals surface area (Å²) in [4.78, 5) is 24.3. The van der Waals surface area contributed by atoms with E-state index in [-0.39, 0.29) is 30.0 Å². The number of carbonyl (C=O) groups excluding carboxylic acids is 1. The van der Waals surface area contributed by atoms with Crippen LogP contribution in [0.2, 0.25) is 0 Å². The van der Waals surface area contributed by atoms with Gasteiger partial charge in [0.1, 0.15) is 0 Å². The van der Waals surface area contributed by atoms with Crippen molar-refractivity contribution in [3.63, 3.8) is 0 Å². The zero-order chi connectivity index (χ0) is 15.4. The van der Waals surface area contributed by atoms with Gasteiger partial charge in [-0.1, -0.05) is 0 Å². The average molecular weight is 329 g/mol. The molecule has 0 spiro atoms. The molecule has 1 aromatic rings. The third-order valence-electron chi connectivity index (χ3n) is 3.69. The predicted molar refractivity (Wildman–Crippen MR) is 87.4 cm³/mol. The van der Waals surface area contributed by atoms with E-state index in [0.29, 0.717) is 17.8 Å². The van der Waals surface area contributed by atoms with Crippen molar-refractivity contribution >= 4 is 29.7 Å². The van der Waals surface area contributed by atoms with Crippen LogP contribution in [0.3, 0.4) is 0 Å². The number of carbonyl (C=O) groups is 1. The van der Waals surface area contributed by atoms with Crippen LogP contribution < -0.4 is 11.1 Å². The molecular weight excluding hydrogens is 308 g/mol. The van der Waals surface area contributed by atoms with Crippen molar-refractivity contribution in [3.8, 4) is 0 Å². The molecule has 0 saturated carbocycles. The molecule has 2 rings (SSSR count). The SMILES string of the molecule is Cc1cc([N+](=O)[O-])ccc1NC(=O)CN1CCC(N)CC1.Cl. The van der Waals surface area contributed by atoms with Gasteiger partial charge in [-0.25, -0.2) is 0 Å². The summed E-state index contributed by atoms with van der Waals surface area (Å²) in [5.74, 6) is -0.109. The summed E-state index contributed by atoms with van der Waals surface area (Å²) < 4.78 is 0. The predicted octanol–water partition coefficient (Wildman–Crippen LogP) is 1.69. The van der Waals surface area contributed by atoms with Crippen molar-refractivity contribution < 1.29 is 9.72 Å². The highest BCUT2D eigenvalue weighted by Gasteiger charge is 2.18. The van der Waals surface area contributed by atoms with Gasteiger partial charge in [0.2, 0.25) is 5.91 Å². The molecule has 1 saturated heterocycles. The number of amides is 1. The Labute approximate surface area is 135 Å². The molecule has 0 aliphatic carbocycles. The molecule has 0 atom stereocenters. The molecule has 1 heterocycles. The lowest BCUT2D eigenvalue weighted by atomic mass is 10.1. The number of anilines is 1. The second-order valence-corrected chi connectivity index (χ2v) is 5.42. The van der Waals surface area contributed by atoms with Gasteiger partial charge < -0.3 is 11.1 Å². The minimum Gasteiger partial charge on any atom is -0.328 e. The lowest BCUT2D eigenvalue weighted by molar-refractivity contribution is -0.384. The van der Waals surface area contributed by atoms with E-state index in [9.17, 15) is 14.9 Å². The number of benzene rings is 1. The smallest absolute Gasteiger partial charge is 0.269 e. The van der Waals surface area contributed by atoms with Crippen molar-refractivity contribution in [1.29, 1.82) is 0 Å². The van der Waals surface area contributed by atoms with Crippen LogP contribution >= 0.6 is 12.4 Å². The molecule has 1 aromatic carbocycles. The molecule has 0 aromatic heterocycles. The van der Waals surface area contributed by atoms with Crippen LogP contribution in [0, 0.1) is 17.0 Å². The zero-order valence-electron chi connectivity index (χ0n) is 12.4. The summed E-state index contributed by atoms with van der Waals surface area (Å²) in [6, 6.07) is 4.65. The lowest BCUT2D eigenvalue weighted by Crippen LogP contribution is -2.43. The molecule has 1 aliphatic heterocycles. The van der Waals surface area contributed by atoms with Crippen LogP contribution in [0.25, 0.3) is 0 Å². The van der Waals surface area contributed by atoms with E-state index in [1.165, 1.54) is 12.1 Å². The van der Waals surface area contributed by atoms with Gasteiger partial charge in [0.05, 0.1) is 11.5 Å². The first-order valence-electron chi connectivity index (χ1n) is 6.98. The van der Waals surface area contributed by atoms with Gasteiger partial charge in [-0.2, -0.15) is 0 Å². The number of piperidine rings is 1. The molecule has 0 unspecified atom stereocenters. The van der Waals surface area contributed by atoms with Crippen LogP contribution in [0.1, 0.15) is 18.4 Å². The third-order valence-corrected chi connectivity index (χ3v) is 3.69. The number of hydrogen-bond donors (Lipinski definition) is 2. The van der Waals surface area contributed by atoms with Crippen LogP contribution in [0.15, 0.2) is 18.2 Å². The molecule has 22 heavy (non-hydrogen) atoms. The molecule has 1 amide bonds. The van der Waals surface area contributed by atoms with Gasteiger partial charge in [-0.05, 0) is 31.4 Å². The Balaban J connectivity index is 0.00000242. The first kappa shape index (κ1) is 18.3. The van der Waals surface area contributed by atoms with Crippen molar-refractivity contribution in [2.75, 3.05) is 25.0 Å². The van der Waals surface area contributed by atoms with Crippen molar-refractivity contribution in [2.24, 2.45) is 5.73 Å². The number of nitro benzene ring substituents is 1. The number of nitrogens with one attached hydrogen (secondary N) is 1. The highest BCUT2D eigenvalue weighted by Crippen LogP contribution is 2.21. The highest BCUT2D eigenvalue weighted by molar-refractivity contribution is 5.93. The van der Waals surface area contributed by atoms with Gasteiger partial charge in [-0.15, -0.1) is 12.4 Å². The molecule has 0 bridgehead atoms. The molecule has 1 fully saturated rings. The highest BCUT2D eigenvalue weighted by atomic mass is 35.5.